The van der Waals surface area contributed by atoms with Gasteiger partial charge in [0.05, 0.1) is 4.90 Å². The van der Waals surface area contributed by atoms with Gasteiger partial charge in [-0.1, -0.05) is 31.5 Å². The summed E-state index contributed by atoms with van der Waals surface area (Å²) in [7, 11) is -3.56. The molecule has 2 bridgehead atoms. The summed E-state index contributed by atoms with van der Waals surface area (Å²) < 4.78 is 24.5. The first-order valence-electron chi connectivity index (χ1n) is 7.45. The molecule has 0 aliphatic heterocycles. The van der Waals surface area contributed by atoms with Gasteiger partial charge in [-0.25, -0.2) is 4.83 Å². The minimum absolute atomic E-state index is 0.263. The van der Waals surface area contributed by atoms with Crippen molar-refractivity contribution < 1.29 is 8.42 Å². The number of nitrogens with zero attached hydrogens (tertiary/aromatic N) is 1. The first-order chi connectivity index (χ1) is 9.80. The van der Waals surface area contributed by atoms with Gasteiger partial charge < -0.3 is 0 Å². The van der Waals surface area contributed by atoms with Gasteiger partial charge in [-0.2, -0.15) is 13.5 Å². The Labute approximate surface area is 126 Å². The number of hydrazone groups is 1. The van der Waals surface area contributed by atoms with Gasteiger partial charge in [0.15, 0.2) is 0 Å². The van der Waals surface area contributed by atoms with Crippen LogP contribution in [0.1, 0.15) is 38.7 Å². The maximum atomic E-state index is 12.2. The van der Waals surface area contributed by atoms with Crippen LogP contribution in [0.25, 0.3) is 0 Å². The molecule has 4 rings (SSSR count). The zero-order chi connectivity index (χ0) is 15.3. The minimum Gasteiger partial charge on any atom is -0.200 e. The number of nitrogens with one attached hydrogen (secondary N) is 1. The van der Waals surface area contributed by atoms with Crippen molar-refractivity contribution in [1.82, 2.24) is 4.83 Å². The first-order valence-corrected chi connectivity index (χ1v) is 8.94. The summed E-state index contributed by atoms with van der Waals surface area (Å²) in [6.07, 6.45) is 3.18. The third kappa shape index (κ3) is 2.48. The number of rotatable bonds is 3. The Morgan fingerprint density at radius 3 is 2.48 bits per heavy atom. The van der Waals surface area contributed by atoms with Crippen LogP contribution in [-0.4, -0.2) is 14.1 Å². The number of hydrogen-bond donors (Lipinski definition) is 1. The first kappa shape index (κ1) is 14.6. The normalized spacial score (nSPS) is 29.0. The fourth-order valence-corrected chi connectivity index (χ4v) is 4.43. The molecule has 3 fully saturated rings. The molecule has 21 heavy (non-hydrogen) atoms. The lowest BCUT2D eigenvalue weighted by atomic mass is 9.48. The van der Waals surface area contributed by atoms with E-state index < -0.39 is 10.0 Å². The fourth-order valence-electron chi connectivity index (χ4n) is 3.59. The molecule has 0 saturated heterocycles. The van der Waals surface area contributed by atoms with E-state index in [2.05, 4.69) is 23.8 Å². The summed E-state index contributed by atoms with van der Waals surface area (Å²) in [5.74, 6) is 1.20. The lowest BCUT2D eigenvalue weighted by molar-refractivity contribution is 0.00121. The molecule has 2 unspecified atom stereocenters. The van der Waals surface area contributed by atoms with Crippen molar-refractivity contribution >= 4 is 15.7 Å². The average molecular weight is 306 g/mol. The van der Waals surface area contributed by atoms with Crippen molar-refractivity contribution in [2.45, 2.75) is 44.9 Å². The van der Waals surface area contributed by atoms with Crippen LogP contribution < -0.4 is 4.83 Å². The van der Waals surface area contributed by atoms with Gasteiger partial charge in [-0.3, -0.25) is 0 Å². The van der Waals surface area contributed by atoms with Crippen LogP contribution >= 0.6 is 0 Å². The van der Waals surface area contributed by atoms with Gasteiger partial charge in [0.2, 0.25) is 0 Å². The van der Waals surface area contributed by atoms with Gasteiger partial charge in [0, 0.05) is 11.6 Å². The predicted molar refractivity (Wildman–Crippen MR) is 83.5 cm³/mol. The molecule has 1 aromatic carbocycles. The molecule has 0 heterocycles. The molecular weight excluding hydrogens is 284 g/mol. The second-order valence-corrected chi connectivity index (χ2v) is 8.52. The molecule has 114 valence electrons. The SMILES string of the molecule is Cc1ccc(S(=O)(=O)NN=C2CCC3CC2C3(C)C)cc1. The highest BCUT2D eigenvalue weighted by Crippen LogP contribution is 2.57. The van der Waals surface area contributed by atoms with E-state index in [4.69, 9.17) is 0 Å². The van der Waals surface area contributed by atoms with Crippen LogP contribution in [0.3, 0.4) is 0 Å². The Morgan fingerprint density at radius 1 is 1.24 bits per heavy atom. The maximum Gasteiger partial charge on any atom is 0.276 e. The van der Waals surface area contributed by atoms with Crippen molar-refractivity contribution in [1.29, 1.82) is 0 Å². The van der Waals surface area contributed by atoms with Crippen molar-refractivity contribution in [3.63, 3.8) is 0 Å². The summed E-state index contributed by atoms with van der Waals surface area (Å²) >= 11 is 0. The molecule has 3 saturated carbocycles. The van der Waals surface area contributed by atoms with Crippen molar-refractivity contribution in [2.24, 2.45) is 22.4 Å². The third-order valence-corrected chi connectivity index (χ3v) is 6.49. The molecule has 3 aliphatic carbocycles. The highest BCUT2D eigenvalue weighted by molar-refractivity contribution is 7.89. The number of benzene rings is 1. The topological polar surface area (TPSA) is 58.5 Å². The molecule has 2 atom stereocenters. The van der Waals surface area contributed by atoms with Gasteiger partial charge in [-0.05, 0) is 49.7 Å². The van der Waals surface area contributed by atoms with Gasteiger partial charge >= 0.3 is 0 Å². The zero-order valence-corrected chi connectivity index (χ0v) is 13.6. The summed E-state index contributed by atoms with van der Waals surface area (Å²) in [5.41, 5.74) is 2.32. The molecule has 0 amide bonds. The van der Waals surface area contributed by atoms with Crippen molar-refractivity contribution in [3.05, 3.63) is 29.8 Å². The molecule has 1 N–H and O–H groups in total. The second-order valence-electron chi connectivity index (χ2n) is 6.86. The summed E-state index contributed by atoms with van der Waals surface area (Å²) in [6.45, 7) is 6.45. The van der Waals surface area contributed by atoms with E-state index in [0.717, 1.165) is 36.5 Å². The summed E-state index contributed by atoms with van der Waals surface area (Å²) in [4.78, 5) is 2.68. The molecule has 1 aromatic rings. The predicted octanol–water partition coefficient (Wildman–Crippen LogP) is 3.09. The van der Waals surface area contributed by atoms with Crippen molar-refractivity contribution in [3.8, 4) is 0 Å². The van der Waals surface area contributed by atoms with E-state index in [1.54, 1.807) is 24.3 Å². The van der Waals surface area contributed by atoms with Crippen LogP contribution in [0.4, 0.5) is 0 Å². The molecule has 3 aliphatic rings. The monoisotopic (exact) mass is 306 g/mol. The van der Waals surface area contributed by atoms with E-state index in [1.165, 1.54) is 0 Å². The maximum absolute atomic E-state index is 12.2. The van der Waals surface area contributed by atoms with Crippen LogP contribution in [-0.2, 0) is 10.0 Å². The van der Waals surface area contributed by atoms with Gasteiger partial charge in [-0.15, -0.1) is 0 Å². The van der Waals surface area contributed by atoms with E-state index >= 15 is 0 Å². The van der Waals surface area contributed by atoms with Crippen LogP contribution in [0.15, 0.2) is 34.3 Å². The molecule has 0 aromatic heterocycles. The van der Waals surface area contributed by atoms with E-state index in [-0.39, 0.29) is 10.3 Å². The molecule has 5 heteroatoms. The van der Waals surface area contributed by atoms with E-state index in [9.17, 15) is 8.42 Å². The Hall–Kier alpha value is -1.36. The standard InChI is InChI=1S/C16H22N2O2S/c1-11-4-7-13(8-5-11)21(19,20)18-17-15-9-6-12-10-14(15)16(12,2)3/h4-5,7-8,12,14,18H,6,9-10H2,1-3H3. The molecule has 4 nitrogen and oxygen atoms in total. The Morgan fingerprint density at radius 2 is 1.90 bits per heavy atom. The van der Waals surface area contributed by atoms with Gasteiger partial charge in [0.25, 0.3) is 10.0 Å². The number of hydrogen-bond acceptors (Lipinski definition) is 3. The highest BCUT2D eigenvalue weighted by atomic mass is 32.2. The van der Waals surface area contributed by atoms with E-state index in [1.807, 2.05) is 6.92 Å². The largest absolute Gasteiger partial charge is 0.276 e. The summed E-state index contributed by atoms with van der Waals surface area (Å²) in [6, 6.07) is 6.81. The summed E-state index contributed by atoms with van der Waals surface area (Å²) in [5, 5.41) is 4.25. The molecule has 0 radical (unpaired) electrons. The lowest BCUT2D eigenvalue weighted by Gasteiger charge is -2.56. The lowest BCUT2D eigenvalue weighted by Crippen LogP contribution is -2.53. The van der Waals surface area contributed by atoms with Crippen LogP contribution in [0, 0.1) is 24.2 Å². The molecule has 0 spiro atoms. The second kappa shape index (κ2) is 4.83. The zero-order valence-electron chi connectivity index (χ0n) is 12.8. The Balaban J connectivity index is 1.77. The fraction of sp³-hybridized carbons (Fsp3) is 0.562. The average Bonchev–Trinajstić information content (AvgIpc) is 2.45. The van der Waals surface area contributed by atoms with Crippen molar-refractivity contribution in [2.75, 3.05) is 0 Å². The molecular formula is C16H22N2O2S. The highest BCUT2D eigenvalue weighted by Gasteiger charge is 2.53. The van der Waals surface area contributed by atoms with E-state index in [0.29, 0.717) is 5.92 Å². The number of sulfonamides is 1. The Kier molecular flexibility index (Phi) is 3.35. The van der Waals surface area contributed by atoms with Gasteiger partial charge in [0.1, 0.15) is 0 Å². The van der Waals surface area contributed by atoms with Crippen LogP contribution in [0.2, 0.25) is 0 Å². The minimum atomic E-state index is -3.56. The number of aryl methyl sites for hydroxylation is 1. The number of fused-ring (bicyclic) bond motifs is 2. The quantitative estimate of drug-likeness (QED) is 0.872. The van der Waals surface area contributed by atoms with Crippen LogP contribution in [0.5, 0.6) is 0 Å². The third-order valence-electron chi connectivity index (χ3n) is 5.26. The Bertz CT molecular complexity index is 673. The smallest absolute Gasteiger partial charge is 0.200 e.